The molecule has 1 N–H and O–H groups in total. The van der Waals surface area contributed by atoms with Gasteiger partial charge in [-0.15, -0.1) is 0 Å². The largest absolute Gasteiger partial charge is 0.330 e. The number of rotatable bonds is 2. The lowest BCUT2D eigenvalue weighted by Crippen LogP contribution is -2.16. The van der Waals surface area contributed by atoms with E-state index in [1.54, 1.807) is 0 Å². The molecule has 1 aromatic heterocycles. The van der Waals surface area contributed by atoms with Gasteiger partial charge in [0.2, 0.25) is 0 Å². The zero-order chi connectivity index (χ0) is 8.67. The molecule has 1 unspecified atom stereocenters. The topological polar surface area (TPSA) is 29.9 Å². The number of hydrogen-bond donors (Lipinski definition) is 1. The molecule has 3 rings (SSSR count). The van der Waals surface area contributed by atoms with Crippen molar-refractivity contribution in [1.29, 1.82) is 0 Å². The molecule has 1 aliphatic heterocycles. The lowest BCUT2D eigenvalue weighted by atomic mass is 10.2. The Balaban J connectivity index is 1.88. The maximum atomic E-state index is 4.25. The summed E-state index contributed by atoms with van der Waals surface area (Å²) < 4.78 is 2.36. The van der Waals surface area contributed by atoms with Gasteiger partial charge < -0.3 is 9.88 Å². The van der Waals surface area contributed by atoms with Crippen molar-refractivity contribution >= 4 is 0 Å². The Hall–Kier alpha value is -0.830. The van der Waals surface area contributed by atoms with Crippen LogP contribution in [0.5, 0.6) is 0 Å². The minimum absolute atomic E-state index is 0.572. The van der Waals surface area contributed by atoms with Gasteiger partial charge in [-0.3, -0.25) is 0 Å². The summed E-state index contributed by atoms with van der Waals surface area (Å²) >= 11 is 0. The van der Waals surface area contributed by atoms with E-state index in [2.05, 4.69) is 14.9 Å². The van der Waals surface area contributed by atoms with E-state index in [1.165, 1.54) is 37.9 Å². The van der Waals surface area contributed by atoms with Crippen LogP contribution in [0, 0.1) is 0 Å². The minimum Gasteiger partial charge on any atom is -0.330 e. The maximum absolute atomic E-state index is 4.25. The molecule has 0 spiro atoms. The van der Waals surface area contributed by atoms with Crippen molar-refractivity contribution in [2.45, 2.75) is 37.8 Å². The van der Waals surface area contributed by atoms with Crippen molar-refractivity contribution in [1.82, 2.24) is 14.9 Å². The average molecular weight is 177 g/mol. The molecular weight excluding hydrogens is 162 g/mol. The second-order valence-corrected chi connectivity index (χ2v) is 4.11. The van der Waals surface area contributed by atoms with Crippen LogP contribution >= 0.6 is 0 Å². The highest BCUT2D eigenvalue weighted by Crippen LogP contribution is 2.37. The summed E-state index contributed by atoms with van der Waals surface area (Å²) in [6, 6.07) is 1.34. The highest BCUT2D eigenvalue weighted by Gasteiger charge is 2.28. The first-order chi connectivity index (χ1) is 6.45. The fraction of sp³-hybridized carbons (Fsp3) is 0.700. The molecule has 2 aliphatic rings. The molecule has 0 radical (unpaired) electrons. The lowest BCUT2D eigenvalue weighted by molar-refractivity contribution is 0.571. The molecule has 0 aromatic carbocycles. The molecule has 2 fully saturated rings. The van der Waals surface area contributed by atoms with Gasteiger partial charge in [-0.2, -0.15) is 0 Å². The average Bonchev–Trinajstić information content (AvgIpc) is 2.72. The SMILES string of the molecule is c1ncn(C2CC2)c1C1CCCN1. The van der Waals surface area contributed by atoms with E-state index in [4.69, 9.17) is 0 Å². The fourth-order valence-corrected chi connectivity index (χ4v) is 2.18. The van der Waals surface area contributed by atoms with Crippen molar-refractivity contribution in [3.63, 3.8) is 0 Å². The third-order valence-electron chi connectivity index (χ3n) is 3.05. The van der Waals surface area contributed by atoms with Gasteiger partial charge in [-0.1, -0.05) is 0 Å². The second-order valence-electron chi connectivity index (χ2n) is 4.11. The molecule has 1 aromatic rings. The molecule has 2 heterocycles. The molecule has 0 bridgehead atoms. The summed E-state index contributed by atoms with van der Waals surface area (Å²) in [7, 11) is 0. The zero-order valence-corrected chi connectivity index (χ0v) is 7.74. The van der Waals surface area contributed by atoms with E-state index in [1.807, 2.05) is 12.5 Å². The molecule has 1 atom stereocenters. The maximum Gasteiger partial charge on any atom is 0.0951 e. The standard InChI is InChI=1S/C10H15N3/c1-2-9(12-5-1)10-6-11-7-13(10)8-3-4-8/h6-9,12H,1-5H2. The van der Waals surface area contributed by atoms with Gasteiger partial charge in [0.05, 0.1) is 12.0 Å². The van der Waals surface area contributed by atoms with E-state index in [0.717, 1.165) is 6.04 Å². The predicted molar refractivity (Wildman–Crippen MR) is 50.5 cm³/mol. The van der Waals surface area contributed by atoms with Crippen molar-refractivity contribution < 1.29 is 0 Å². The third-order valence-corrected chi connectivity index (χ3v) is 3.05. The van der Waals surface area contributed by atoms with Crippen LogP contribution in [-0.2, 0) is 0 Å². The van der Waals surface area contributed by atoms with Crippen LogP contribution in [0.25, 0.3) is 0 Å². The van der Waals surface area contributed by atoms with Crippen molar-refractivity contribution in [2.24, 2.45) is 0 Å². The normalized spacial score (nSPS) is 28.2. The Kier molecular flexibility index (Phi) is 1.65. The summed E-state index contributed by atoms with van der Waals surface area (Å²) in [5.41, 5.74) is 1.40. The Bertz CT molecular complexity index is 295. The number of aromatic nitrogens is 2. The number of imidazole rings is 1. The van der Waals surface area contributed by atoms with Crippen LogP contribution in [0.2, 0.25) is 0 Å². The summed E-state index contributed by atoms with van der Waals surface area (Å²) in [6.45, 7) is 1.17. The highest BCUT2D eigenvalue weighted by molar-refractivity contribution is 5.10. The van der Waals surface area contributed by atoms with E-state index < -0.39 is 0 Å². The van der Waals surface area contributed by atoms with Crippen LogP contribution in [0.4, 0.5) is 0 Å². The van der Waals surface area contributed by atoms with Crippen LogP contribution in [0.1, 0.15) is 43.5 Å². The van der Waals surface area contributed by atoms with E-state index in [-0.39, 0.29) is 0 Å². The molecule has 0 amide bonds. The van der Waals surface area contributed by atoms with Gasteiger partial charge in [-0.25, -0.2) is 4.98 Å². The van der Waals surface area contributed by atoms with Gasteiger partial charge in [-0.05, 0) is 32.2 Å². The minimum atomic E-state index is 0.572. The van der Waals surface area contributed by atoms with Crippen LogP contribution in [0.3, 0.4) is 0 Å². The van der Waals surface area contributed by atoms with E-state index >= 15 is 0 Å². The highest BCUT2D eigenvalue weighted by atomic mass is 15.1. The molecule has 1 saturated carbocycles. The monoisotopic (exact) mass is 177 g/mol. The number of nitrogens with one attached hydrogen (secondary N) is 1. The summed E-state index contributed by atoms with van der Waals surface area (Å²) in [6.07, 6.45) is 9.29. The predicted octanol–water partition coefficient (Wildman–Crippen LogP) is 1.64. The van der Waals surface area contributed by atoms with Crippen LogP contribution in [0.15, 0.2) is 12.5 Å². The Labute approximate surface area is 78.2 Å². The quantitative estimate of drug-likeness (QED) is 0.744. The van der Waals surface area contributed by atoms with Gasteiger partial charge in [0.1, 0.15) is 0 Å². The number of hydrogen-bond acceptors (Lipinski definition) is 2. The fourth-order valence-electron chi connectivity index (χ4n) is 2.18. The summed E-state index contributed by atoms with van der Waals surface area (Å²) in [5, 5.41) is 3.52. The molecular formula is C10H15N3. The van der Waals surface area contributed by atoms with Gasteiger partial charge >= 0.3 is 0 Å². The molecule has 70 valence electrons. The van der Waals surface area contributed by atoms with Crippen molar-refractivity contribution in [2.75, 3.05) is 6.54 Å². The summed E-state index contributed by atoms with van der Waals surface area (Å²) in [5.74, 6) is 0. The summed E-state index contributed by atoms with van der Waals surface area (Å²) in [4.78, 5) is 4.25. The molecule has 3 heteroatoms. The Morgan fingerprint density at radius 2 is 2.31 bits per heavy atom. The Morgan fingerprint density at radius 1 is 1.38 bits per heavy atom. The van der Waals surface area contributed by atoms with Crippen molar-refractivity contribution in [3.05, 3.63) is 18.2 Å². The lowest BCUT2D eigenvalue weighted by Gasteiger charge is -2.12. The first-order valence-corrected chi connectivity index (χ1v) is 5.20. The first kappa shape index (κ1) is 7.56. The van der Waals surface area contributed by atoms with Crippen LogP contribution < -0.4 is 5.32 Å². The van der Waals surface area contributed by atoms with Gasteiger partial charge in [0.15, 0.2) is 0 Å². The first-order valence-electron chi connectivity index (χ1n) is 5.20. The van der Waals surface area contributed by atoms with E-state index in [9.17, 15) is 0 Å². The third kappa shape index (κ3) is 1.27. The number of nitrogens with zero attached hydrogens (tertiary/aromatic N) is 2. The van der Waals surface area contributed by atoms with Gasteiger partial charge in [0.25, 0.3) is 0 Å². The smallest absolute Gasteiger partial charge is 0.0951 e. The van der Waals surface area contributed by atoms with Crippen molar-refractivity contribution in [3.8, 4) is 0 Å². The second kappa shape index (κ2) is 2.84. The molecule has 13 heavy (non-hydrogen) atoms. The molecule has 1 aliphatic carbocycles. The molecule has 3 nitrogen and oxygen atoms in total. The molecule has 1 saturated heterocycles. The Morgan fingerprint density at radius 3 is 3.00 bits per heavy atom. The van der Waals surface area contributed by atoms with Crippen LogP contribution in [-0.4, -0.2) is 16.1 Å². The van der Waals surface area contributed by atoms with Gasteiger partial charge in [0, 0.05) is 18.3 Å². The zero-order valence-electron chi connectivity index (χ0n) is 7.74. The van der Waals surface area contributed by atoms with E-state index in [0.29, 0.717) is 6.04 Å².